The molecular formula is C22H21NO5. The number of hydrogen-bond acceptors (Lipinski definition) is 5. The van der Waals surface area contributed by atoms with E-state index >= 15 is 0 Å². The normalized spacial score (nSPS) is 10.6. The lowest BCUT2D eigenvalue weighted by Gasteiger charge is -2.18. The highest BCUT2D eigenvalue weighted by atomic mass is 16.5. The average Bonchev–Trinajstić information content (AvgIpc) is 2.70. The molecule has 1 amide bonds. The molecule has 0 aliphatic heterocycles. The molecule has 3 aromatic carbocycles. The van der Waals surface area contributed by atoms with Crippen LogP contribution in [0.2, 0.25) is 0 Å². The van der Waals surface area contributed by atoms with Crippen molar-refractivity contribution in [2.75, 3.05) is 13.7 Å². The fourth-order valence-corrected chi connectivity index (χ4v) is 2.94. The van der Waals surface area contributed by atoms with Crippen LogP contribution in [0.5, 0.6) is 11.5 Å². The summed E-state index contributed by atoms with van der Waals surface area (Å²) in [7, 11) is 1.63. The van der Waals surface area contributed by atoms with Gasteiger partial charge in [0, 0.05) is 24.4 Å². The Bertz CT molecular complexity index is 1040. The van der Waals surface area contributed by atoms with Gasteiger partial charge < -0.3 is 19.8 Å². The van der Waals surface area contributed by atoms with Gasteiger partial charge >= 0.3 is 5.97 Å². The van der Waals surface area contributed by atoms with Gasteiger partial charge in [0.05, 0.1) is 0 Å². The number of carbonyl (C=O) groups excluding carboxylic acids is 2. The fourth-order valence-electron chi connectivity index (χ4n) is 2.94. The molecule has 0 aliphatic carbocycles. The Labute approximate surface area is 162 Å². The predicted molar refractivity (Wildman–Crippen MR) is 105 cm³/mol. The van der Waals surface area contributed by atoms with Gasteiger partial charge in [-0.25, -0.2) is 4.79 Å². The van der Waals surface area contributed by atoms with Gasteiger partial charge in [0.1, 0.15) is 17.1 Å². The SMILES string of the molecule is Cc1ccccc1CN(C)C(=O)COC(=O)c1cc(O)c2ccccc2c1O. The minimum atomic E-state index is -0.879. The van der Waals surface area contributed by atoms with Gasteiger partial charge in [0.25, 0.3) is 5.91 Å². The Balaban J connectivity index is 1.68. The Kier molecular flexibility index (Phi) is 5.49. The smallest absolute Gasteiger partial charge is 0.342 e. The highest BCUT2D eigenvalue weighted by Gasteiger charge is 2.20. The number of aromatic hydroxyl groups is 2. The van der Waals surface area contributed by atoms with Crippen molar-refractivity contribution in [3.05, 3.63) is 71.3 Å². The first-order valence-corrected chi connectivity index (χ1v) is 8.77. The van der Waals surface area contributed by atoms with Crippen LogP contribution < -0.4 is 0 Å². The van der Waals surface area contributed by atoms with Gasteiger partial charge in [-0.05, 0) is 24.1 Å². The van der Waals surface area contributed by atoms with Gasteiger partial charge in [0.15, 0.2) is 6.61 Å². The number of fused-ring (bicyclic) bond motifs is 1. The van der Waals surface area contributed by atoms with Gasteiger partial charge in [0.2, 0.25) is 0 Å². The second kappa shape index (κ2) is 8.00. The highest BCUT2D eigenvalue weighted by molar-refractivity contribution is 6.04. The molecule has 6 nitrogen and oxygen atoms in total. The van der Waals surface area contributed by atoms with Crippen molar-refractivity contribution in [2.45, 2.75) is 13.5 Å². The number of aryl methyl sites for hydroxylation is 1. The Morgan fingerprint density at radius 3 is 2.36 bits per heavy atom. The summed E-state index contributed by atoms with van der Waals surface area (Å²) in [5.74, 6) is -1.69. The zero-order valence-corrected chi connectivity index (χ0v) is 15.7. The predicted octanol–water partition coefficient (Wildman–Crippen LogP) is 3.37. The molecule has 0 fully saturated rings. The molecule has 3 rings (SSSR count). The number of amides is 1. The number of likely N-dealkylation sites (N-methyl/N-ethyl adjacent to an activating group) is 1. The van der Waals surface area contributed by atoms with Crippen LogP contribution in [-0.4, -0.2) is 40.6 Å². The zero-order chi connectivity index (χ0) is 20.3. The maximum absolute atomic E-state index is 12.3. The minimum absolute atomic E-state index is 0.150. The molecule has 0 radical (unpaired) electrons. The van der Waals surface area contributed by atoms with Crippen molar-refractivity contribution in [3.8, 4) is 11.5 Å². The maximum atomic E-state index is 12.3. The number of rotatable bonds is 5. The first-order valence-electron chi connectivity index (χ1n) is 8.77. The van der Waals surface area contributed by atoms with Gasteiger partial charge in [-0.2, -0.15) is 0 Å². The van der Waals surface area contributed by atoms with Gasteiger partial charge in [-0.1, -0.05) is 48.5 Å². The largest absolute Gasteiger partial charge is 0.507 e. The number of phenolic OH excluding ortho intramolecular Hbond substituents is 2. The van der Waals surface area contributed by atoms with E-state index in [-0.39, 0.29) is 23.0 Å². The molecule has 0 saturated carbocycles. The quantitative estimate of drug-likeness (QED) is 0.524. The monoisotopic (exact) mass is 379 g/mol. The van der Waals surface area contributed by atoms with Gasteiger partial charge in [-0.15, -0.1) is 0 Å². The van der Waals surface area contributed by atoms with E-state index in [0.717, 1.165) is 17.2 Å². The first kappa shape index (κ1) is 19.2. The van der Waals surface area contributed by atoms with Crippen LogP contribution in [-0.2, 0) is 16.1 Å². The molecule has 0 spiro atoms. The summed E-state index contributed by atoms with van der Waals surface area (Å²) < 4.78 is 5.06. The molecule has 0 heterocycles. The van der Waals surface area contributed by atoms with E-state index in [2.05, 4.69) is 0 Å². The maximum Gasteiger partial charge on any atom is 0.342 e. The van der Waals surface area contributed by atoms with Crippen LogP contribution in [0, 0.1) is 6.92 Å². The van der Waals surface area contributed by atoms with Crippen molar-refractivity contribution in [1.29, 1.82) is 0 Å². The van der Waals surface area contributed by atoms with E-state index in [0.29, 0.717) is 17.3 Å². The van der Waals surface area contributed by atoms with Crippen LogP contribution in [0.25, 0.3) is 10.8 Å². The summed E-state index contributed by atoms with van der Waals surface area (Å²) in [6.45, 7) is 1.89. The molecular weight excluding hydrogens is 358 g/mol. The first-order chi connectivity index (χ1) is 13.4. The molecule has 0 unspecified atom stereocenters. The Morgan fingerprint density at radius 1 is 1.00 bits per heavy atom. The van der Waals surface area contributed by atoms with E-state index in [4.69, 9.17) is 4.74 Å². The van der Waals surface area contributed by atoms with E-state index in [9.17, 15) is 19.8 Å². The molecule has 0 atom stereocenters. The van der Waals surface area contributed by atoms with Crippen LogP contribution in [0.15, 0.2) is 54.6 Å². The van der Waals surface area contributed by atoms with Crippen molar-refractivity contribution in [1.82, 2.24) is 4.90 Å². The minimum Gasteiger partial charge on any atom is -0.507 e. The van der Waals surface area contributed by atoms with Crippen LogP contribution in [0.1, 0.15) is 21.5 Å². The molecule has 2 N–H and O–H groups in total. The van der Waals surface area contributed by atoms with E-state index in [1.807, 2.05) is 31.2 Å². The topological polar surface area (TPSA) is 87.1 Å². The summed E-state index contributed by atoms with van der Waals surface area (Å²) in [5, 5.41) is 21.2. The van der Waals surface area contributed by atoms with Crippen molar-refractivity contribution in [3.63, 3.8) is 0 Å². The lowest BCUT2D eigenvalue weighted by Crippen LogP contribution is -2.31. The number of carbonyl (C=O) groups is 2. The van der Waals surface area contributed by atoms with Crippen molar-refractivity contribution < 1.29 is 24.5 Å². The van der Waals surface area contributed by atoms with Crippen LogP contribution >= 0.6 is 0 Å². The zero-order valence-electron chi connectivity index (χ0n) is 15.7. The summed E-state index contributed by atoms with van der Waals surface area (Å²) >= 11 is 0. The number of phenols is 2. The highest BCUT2D eigenvalue weighted by Crippen LogP contribution is 2.35. The fraction of sp³-hybridized carbons (Fsp3) is 0.182. The second-order valence-electron chi connectivity index (χ2n) is 6.59. The van der Waals surface area contributed by atoms with Crippen molar-refractivity contribution >= 4 is 22.6 Å². The number of hydrogen-bond donors (Lipinski definition) is 2. The Morgan fingerprint density at radius 2 is 1.64 bits per heavy atom. The number of benzene rings is 3. The van der Waals surface area contributed by atoms with E-state index < -0.39 is 12.6 Å². The Hall–Kier alpha value is -3.54. The summed E-state index contributed by atoms with van der Waals surface area (Å²) in [4.78, 5) is 26.1. The van der Waals surface area contributed by atoms with Gasteiger partial charge in [-0.3, -0.25) is 4.79 Å². The summed E-state index contributed by atoms with van der Waals surface area (Å²) in [5.41, 5.74) is 1.88. The molecule has 0 aliphatic rings. The second-order valence-corrected chi connectivity index (χ2v) is 6.59. The third-order valence-electron chi connectivity index (χ3n) is 4.64. The molecule has 28 heavy (non-hydrogen) atoms. The lowest BCUT2D eigenvalue weighted by molar-refractivity contribution is -0.133. The standard InChI is InChI=1S/C22H21NO5/c1-14-7-3-4-8-15(14)12-23(2)20(25)13-28-22(27)18-11-19(24)16-9-5-6-10-17(16)21(18)26/h3-11,24,26H,12-13H2,1-2H3. The number of nitrogens with zero attached hydrogens (tertiary/aromatic N) is 1. The molecule has 6 heteroatoms. The van der Waals surface area contributed by atoms with Crippen LogP contribution in [0.3, 0.4) is 0 Å². The van der Waals surface area contributed by atoms with Crippen LogP contribution in [0.4, 0.5) is 0 Å². The molecule has 3 aromatic rings. The average molecular weight is 379 g/mol. The third-order valence-corrected chi connectivity index (χ3v) is 4.64. The summed E-state index contributed by atoms with van der Waals surface area (Å²) in [6, 6.07) is 15.5. The third kappa shape index (κ3) is 3.91. The van der Waals surface area contributed by atoms with E-state index in [1.54, 1.807) is 31.3 Å². The number of ether oxygens (including phenoxy) is 1. The number of esters is 1. The molecule has 0 saturated heterocycles. The van der Waals surface area contributed by atoms with Crippen molar-refractivity contribution in [2.24, 2.45) is 0 Å². The summed E-state index contributed by atoms with van der Waals surface area (Å²) in [6.07, 6.45) is 0. The lowest BCUT2D eigenvalue weighted by atomic mass is 10.0. The molecule has 0 aromatic heterocycles. The molecule has 144 valence electrons. The van der Waals surface area contributed by atoms with E-state index in [1.165, 1.54) is 4.90 Å². The molecule has 0 bridgehead atoms.